The monoisotopic (exact) mass is 311 g/mol. The second-order valence-corrected chi connectivity index (χ2v) is 5.21. The van der Waals surface area contributed by atoms with Crippen LogP contribution in [0.5, 0.6) is 0 Å². The van der Waals surface area contributed by atoms with Crippen molar-refractivity contribution in [3.05, 3.63) is 11.8 Å². The van der Waals surface area contributed by atoms with Crippen LogP contribution in [0, 0.1) is 6.92 Å². The fourth-order valence-corrected chi connectivity index (χ4v) is 1.96. The molecular formula is C14H25N5O3. The minimum absolute atomic E-state index is 0.109. The Kier molecular flexibility index (Phi) is 7.55. The number of nitrogens with zero attached hydrogens (tertiary/aromatic N) is 3. The van der Waals surface area contributed by atoms with E-state index < -0.39 is 0 Å². The standard InChI is InChI=1S/C14H25N5O3/c1-11-8-12(19(3)17-11)16-14(21)10-18(2)9-13(20)15-6-5-7-22-4/h8H,5-7,9-10H2,1-4H3,(H,15,20)(H,16,21). The Balaban J connectivity index is 2.29. The molecule has 0 spiro atoms. The third-order valence-corrected chi connectivity index (χ3v) is 2.94. The maximum absolute atomic E-state index is 11.9. The number of aromatic nitrogens is 2. The molecule has 22 heavy (non-hydrogen) atoms. The van der Waals surface area contributed by atoms with Crippen LogP contribution in [0.4, 0.5) is 5.82 Å². The van der Waals surface area contributed by atoms with Crippen LogP contribution >= 0.6 is 0 Å². The Morgan fingerprint density at radius 1 is 1.36 bits per heavy atom. The molecule has 2 N–H and O–H groups in total. The zero-order valence-electron chi connectivity index (χ0n) is 13.7. The van der Waals surface area contributed by atoms with E-state index in [0.717, 1.165) is 12.1 Å². The summed E-state index contributed by atoms with van der Waals surface area (Å²) in [6.45, 7) is 3.35. The number of carbonyl (C=O) groups excluding carboxylic acids is 2. The number of nitrogens with one attached hydrogen (secondary N) is 2. The Bertz CT molecular complexity index is 501. The van der Waals surface area contributed by atoms with E-state index in [4.69, 9.17) is 4.74 Å². The quantitative estimate of drug-likeness (QED) is 0.614. The molecule has 2 amide bonds. The smallest absolute Gasteiger partial charge is 0.239 e. The summed E-state index contributed by atoms with van der Waals surface area (Å²) in [6.07, 6.45) is 0.770. The molecule has 8 heteroatoms. The molecule has 0 atom stereocenters. The highest BCUT2D eigenvalue weighted by molar-refractivity contribution is 5.91. The summed E-state index contributed by atoms with van der Waals surface area (Å²) in [6, 6.07) is 1.79. The average molecular weight is 311 g/mol. The van der Waals surface area contributed by atoms with Gasteiger partial charge in [0.05, 0.1) is 18.8 Å². The molecule has 1 aromatic rings. The topological polar surface area (TPSA) is 88.5 Å². The second kappa shape index (κ2) is 9.16. The molecule has 0 saturated carbocycles. The van der Waals surface area contributed by atoms with E-state index in [1.807, 2.05) is 6.92 Å². The molecule has 124 valence electrons. The van der Waals surface area contributed by atoms with Crippen molar-refractivity contribution in [2.45, 2.75) is 13.3 Å². The number of anilines is 1. The van der Waals surface area contributed by atoms with Gasteiger partial charge in [0, 0.05) is 33.4 Å². The number of carbonyl (C=O) groups is 2. The van der Waals surface area contributed by atoms with E-state index in [2.05, 4.69) is 15.7 Å². The van der Waals surface area contributed by atoms with Crippen LogP contribution in [0.3, 0.4) is 0 Å². The van der Waals surface area contributed by atoms with Gasteiger partial charge in [0.2, 0.25) is 11.8 Å². The van der Waals surface area contributed by atoms with Crippen LogP contribution < -0.4 is 10.6 Å². The van der Waals surface area contributed by atoms with Gasteiger partial charge in [0.1, 0.15) is 5.82 Å². The Morgan fingerprint density at radius 2 is 2.05 bits per heavy atom. The number of hydrogen-bond acceptors (Lipinski definition) is 5. The fourth-order valence-electron chi connectivity index (χ4n) is 1.96. The number of methoxy groups -OCH3 is 1. The normalized spacial score (nSPS) is 10.8. The summed E-state index contributed by atoms with van der Waals surface area (Å²) in [5, 5.41) is 9.70. The van der Waals surface area contributed by atoms with Crippen molar-refractivity contribution in [2.75, 3.05) is 45.7 Å². The van der Waals surface area contributed by atoms with Crippen molar-refractivity contribution in [1.29, 1.82) is 0 Å². The molecule has 0 aliphatic heterocycles. The van der Waals surface area contributed by atoms with Crippen LogP contribution in [0.2, 0.25) is 0 Å². The van der Waals surface area contributed by atoms with Crippen molar-refractivity contribution in [3.8, 4) is 0 Å². The summed E-state index contributed by atoms with van der Waals surface area (Å²) in [5.41, 5.74) is 0.835. The first-order valence-corrected chi connectivity index (χ1v) is 7.17. The van der Waals surface area contributed by atoms with Crippen molar-refractivity contribution in [3.63, 3.8) is 0 Å². The molecule has 8 nitrogen and oxygen atoms in total. The SMILES string of the molecule is COCCCNC(=O)CN(C)CC(=O)Nc1cc(C)nn1C. The number of ether oxygens (including phenoxy) is 1. The van der Waals surface area contributed by atoms with E-state index in [9.17, 15) is 9.59 Å². The van der Waals surface area contributed by atoms with Crippen LogP contribution in [-0.4, -0.2) is 66.9 Å². The second-order valence-electron chi connectivity index (χ2n) is 5.21. The molecule has 0 unspecified atom stereocenters. The highest BCUT2D eigenvalue weighted by atomic mass is 16.5. The maximum Gasteiger partial charge on any atom is 0.239 e. The van der Waals surface area contributed by atoms with Gasteiger partial charge in [0.15, 0.2) is 0 Å². The molecule has 1 heterocycles. The largest absolute Gasteiger partial charge is 0.385 e. The van der Waals surface area contributed by atoms with Crippen molar-refractivity contribution >= 4 is 17.6 Å². The third kappa shape index (κ3) is 6.68. The van der Waals surface area contributed by atoms with Crippen LogP contribution in [0.15, 0.2) is 6.07 Å². The van der Waals surface area contributed by atoms with Gasteiger partial charge in [0.25, 0.3) is 0 Å². The lowest BCUT2D eigenvalue weighted by Gasteiger charge is -2.16. The molecule has 0 bridgehead atoms. The summed E-state index contributed by atoms with van der Waals surface area (Å²) < 4.78 is 6.51. The average Bonchev–Trinajstić information content (AvgIpc) is 2.72. The summed E-state index contributed by atoms with van der Waals surface area (Å²) >= 11 is 0. The Labute approximate surface area is 130 Å². The number of likely N-dealkylation sites (N-methyl/N-ethyl adjacent to an activating group) is 1. The van der Waals surface area contributed by atoms with Crippen molar-refractivity contribution in [1.82, 2.24) is 20.0 Å². The predicted octanol–water partition coefficient (Wildman–Crippen LogP) is -0.248. The van der Waals surface area contributed by atoms with Gasteiger partial charge in [-0.15, -0.1) is 0 Å². The Morgan fingerprint density at radius 3 is 2.64 bits per heavy atom. The van der Waals surface area contributed by atoms with Crippen LogP contribution in [0.25, 0.3) is 0 Å². The zero-order chi connectivity index (χ0) is 16.5. The lowest BCUT2D eigenvalue weighted by Crippen LogP contribution is -2.39. The molecule has 1 rings (SSSR count). The van der Waals surface area contributed by atoms with E-state index in [1.165, 1.54) is 0 Å². The molecule has 0 fully saturated rings. The fraction of sp³-hybridized carbons (Fsp3) is 0.643. The van der Waals surface area contributed by atoms with E-state index in [-0.39, 0.29) is 24.9 Å². The van der Waals surface area contributed by atoms with E-state index >= 15 is 0 Å². The van der Waals surface area contributed by atoms with Gasteiger partial charge < -0.3 is 15.4 Å². The molecular weight excluding hydrogens is 286 g/mol. The van der Waals surface area contributed by atoms with Gasteiger partial charge in [-0.1, -0.05) is 0 Å². The number of rotatable bonds is 9. The molecule has 0 aromatic carbocycles. The molecule has 0 saturated heterocycles. The lowest BCUT2D eigenvalue weighted by atomic mass is 10.4. The van der Waals surface area contributed by atoms with Gasteiger partial charge in [-0.05, 0) is 20.4 Å². The van der Waals surface area contributed by atoms with E-state index in [1.54, 1.807) is 36.9 Å². The van der Waals surface area contributed by atoms with Crippen LogP contribution in [0.1, 0.15) is 12.1 Å². The first-order valence-electron chi connectivity index (χ1n) is 7.17. The molecule has 0 radical (unpaired) electrons. The third-order valence-electron chi connectivity index (χ3n) is 2.94. The van der Waals surface area contributed by atoms with E-state index in [0.29, 0.717) is 19.0 Å². The van der Waals surface area contributed by atoms with Gasteiger partial charge in [-0.2, -0.15) is 5.10 Å². The molecule has 0 aliphatic carbocycles. The number of hydrogen-bond donors (Lipinski definition) is 2. The minimum atomic E-state index is -0.183. The lowest BCUT2D eigenvalue weighted by molar-refractivity contribution is -0.123. The number of aryl methyl sites for hydroxylation is 2. The molecule has 0 aliphatic rings. The summed E-state index contributed by atoms with van der Waals surface area (Å²) in [4.78, 5) is 25.3. The van der Waals surface area contributed by atoms with Crippen molar-refractivity contribution < 1.29 is 14.3 Å². The van der Waals surface area contributed by atoms with Crippen molar-refractivity contribution in [2.24, 2.45) is 7.05 Å². The van der Waals surface area contributed by atoms with Crippen LogP contribution in [-0.2, 0) is 21.4 Å². The first kappa shape index (κ1) is 18.1. The molecule has 1 aromatic heterocycles. The first-order chi connectivity index (χ1) is 10.4. The number of amides is 2. The van der Waals surface area contributed by atoms with Gasteiger partial charge in [-0.25, -0.2) is 0 Å². The Hall–Kier alpha value is -1.93. The van der Waals surface area contributed by atoms with Gasteiger partial charge in [-0.3, -0.25) is 19.2 Å². The summed E-state index contributed by atoms with van der Waals surface area (Å²) in [7, 11) is 5.11. The highest BCUT2D eigenvalue weighted by Crippen LogP contribution is 2.07. The van der Waals surface area contributed by atoms with Gasteiger partial charge >= 0.3 is 0 Å². The predicted molar refractivity (Wildman–Crippen MR) is 83.6 cm³/mol. The summed E-state index contributed by atoms with van der Waals surface area (Å²) in [5.74, 6) is 0.348. The highest BCUT2D eigenvalue weighted by Gasteiger charge is 2.12. The maximum atomic E-state index is 11.9. The zero-order valence-corrected chi connectivity index (χ0v) is 13.7. The minimum Gasteiger partial charge on any atom is -0.385 e.